The van der Waals surface area contributed by atoms with Crippen molar-refractivity contribution in [2.45, 2.75) is 0 Å². The maximum absolute atomic E-state index is 13.3. The second-order valence-corrected chi connectivity index (χ2v) is 3.91. The Morgan fingerprint density at radius 2 is 1.29 bits per heavy atom. The van der Waals surface area contributed by atoms with Gasteiger partial charge >= 0.3 is 0 Å². The normalized spacial score (nSPS) is 11.1. The van der Waals surface area contributed by atoms with Gasteiger partial charge in [-0.3, -0.25) is 5.43 Å². The molecule has 0 saturated heterocycles. The average Bonchev–Trinajstić information content (AvgIpc) is 2.48. The largest absolute Gasteiger partial charge is 0.508 e. The van der Waals surface area contributed by atoms with Crippen molar-refractivity contribution in [2.75, 3.05) is 5.43 Å². The Kier molecular flexibility index (Phi) is 4.06. The molecule has 2 N–H and O–H groups in total. The fourth-order valence-corrected chi connectivity index (χ4v) is 1.43. The molecule has 0 spiro atoms. The molecule has 110 valence electrons. The van der Waals surface area contributed by atoms with Crippen molar-refractivity contribution >= 4 is 11.9 Å². The molecule has 0 atom stereocenters. The molecule has 0 aliphatic heterocycles. The van der Waals surface area contributed by atoms with Gasteiger partial charge in [-0.2, -0.15) is 5.10 Å². The minimum absolute atomic E-state index is 0.000116. The molecule has 2 aromatic carbocycles. The Balaban J connectivity index is 2.26. The van der Waals surface area contributed by atoms with Gasteiger partial charge in [0.2, 0.25) is 5.82 Å². The highest BCUT2D eigenvalue weighted by Gasteiger charge is 2.25. The zero-order valence-electron chi connectivity index (χ0n) is 10.2. The first-order valence-electron chi connectivity index (χ1n) is 5.51. The third kappa shape index (κ3) is 2.93. The molecular formula is C13H7F5N2O. The molecule has 2 aromatic rings. The Morgan fingerprint density at radius 1 is 0.810 bits per heavy atom. The molecule has 0 radical (unpaired) electrons. The van der Waals surface area contributed by atoms with Crippen LogP contribution in [0.2, 0.25) is 0 Å². The summed E-state index contributed by atoms with van der Waals surface area (Å²) in [7, 11) is 0. The SMILES string of the molecule is Oc1ccc(/C=N\Nc2c(F)c(F)c(F)c(F)c2F)cc1. The molecule has 0 aromatic heterocycles. The summed E-state index contributed by atoms with van der Waals surface area (Å²) in [5.41, 5.74) is 0.949. The first-order valence-corrected chi connectivity index (χ1v) is 5.51. The predicted octanol–water partition coefficient (Wildman–Crippen LogP) is 3.53. The number of hydrogen-bond donors (Lipinski definition) is 2. The van der Waals surface area contributed by atoms with Crippen molar-refractivity contribution in [3.05, 3.63) is 58.9 Å². The number of phenols is 1. The van der Waals surface area contributed by atoms with E-state index in [0.29, 0.717) is 5.56 Å². The molecule has 0 aliphatic carbocycles. The summed E-state index contributed by atoms with van der Waals surface area (Å²) in [6.07, 6.45) is 1.08. The highest BCUT2D eigenvalue weighted by molar-refractivity contribution is 5.80. The van der Waals surface area contributed by atoms with Crippen LogP contribution in [-0.2, 0) is 0 Å². The van der Waals surface area contributed by atoms with Crippen molar-refractivity contribution in [2.24, 2.45) is 5.10 Å². The maximum atomic E-state index is 13.3. The number of hydrogen-bond acceptors (Lipinski definition) is 3. The average molecular weight is 302 g/mol. The number of phenolic OH excluding ortho intramolecular Hbond substituents is 1. The van der Waals surface area contributed by atoms with Crippen LogP contribution >= 0.6 is 0 Å². The minimum Gasteiger partial charge on any atom is -0.508 e. The van der Waals surface area contributed by atoms with Crippen LogP contribution in [0.5, 0.6) is 5.75 Å². The number of aromatic hydroxyl groups is 1. The van der Waals surface area contributed by atoms with E-state index in [1.807, 2.05) is 0 Å². The van der Waals surface area contributed by atoms with Gasteiger partial charge in [0.1, 0.15) is 11.4 Å². The van der Waals surface area contributed by atoms with E-state index in [2.05, 4.69) is 5.10 Å². The first-order chi connectivity index (χ1) is 9.91. The predicted molar refractivity (Wildman–Crippen MR) is 65.6 cm³/mol. The van der Waals surface area contributed by atoms with Crippen molar-refractivity contribution < 1.29 is 27.1 Å². The van der Waals surface area contributed by atoms with Crippen LogP contribution in [0.4, 0.5) is 27.6 Å². The van der Waals surface area contributed by atoms with Crippen LogP contribution in [0.25, 0.3) is 0 Å². The lowest BCUT2D eigenvalue weighted by Crippen LogP contribution is -2.06. The van der Waals surface area contributed by atoms with E-state index in [-0.39, 0.29) is 5.75 Å². The minimum atomic E-state index is -2.24. The number of hydrazone groups is 1. The smallest absolute Gasteiger partial charge is 0.200 e. The van der Waals surface area contributed by atoms with Crippen LogP contribution in [0.1, 0.15) is 5.56 Å². The zero-order valence-corrected chi connectivity index (χ0v) is 10.2. The van der Waals surface area contributed by atoms with E-state index in [1.165, 1.54) is 24.3 Å². The van der Waals surface area contributed by atoms with E-state index < -0.39 is 34.8 Å². The van der Waals surface area contributed by atoms with Crippen molar-refractivity contribution in [3.8, 4) is 5.75 Å². The molecule has 0 bridgehead atoms. The van der Waals surface area contributed by atoms with E-state index in [1.54, 1.807) is 5.43 Å². The fourth-order valence-electron chi connectivity index (χ4n) is 1.43. The highest BCUT2D eigenvalue weighted by Crippen LogP contribution is 2.26. The molecule has 0 fully saturated rings. The van der Waals surface area contributed by atoms with Gasteiger partial charge < -0.3 is 5.11 Å². The third-order valence-corrected chi connectivity index (χ3v) is 2.49. The molecule has 0 unspecified atom stereocenters. The van der Waals surface area contributed by atoms with Gasteiger partial charge in [-0.15, -0.1) is 0 Å². The van der Waals surface area contributed by atoms with E-state index in [9.17, 15) is 22.0 Å². The number of nitrogens with zero attached hydrogens (tertiary/aromatic N) is 1. The van der Waals surface area contributed by atoms with Crippen LogP contribution < -0.4 is 5.43 Å². The lowest BCUT2D eigenvalue weighted by atomic mass is 10.2. The number of nitrogens with one attached hydrogen (secondary N) is 1. The van der Waals surface area contributed by atoms with Crippen molar-refractivity contribution in [1.82, 2.24) is 0 Å². The molecular weight excluding hydrogens is 295 g/mol. The monoisotopic (exact) mass is 302 g/mol. The van der Waals surface area contributed by atoms with Crippen LogP contribution in [0.3, 0.4) is 0 Å². The fraction of sp³-hybridized carbons (Fsp3) is 0. The van der Waals surface area contributed by atoms with E-state index in [0.717, 1.165) is 6.21 Å². The Labute approximate surface area is 115 Å². The zero-order chi connectivity index (χ0) is 15.6. The molecule has 0 saturated carbocycles. The Bertz CT molecular complexity index is 672. The quantitative estimate of drug-likeness (QED) is 0.299. The summed E-state index contributed by atoms with van der Waals surface area (Å²) in [6, 6.07) is 5.53. The summed E-state index contributed by atoms with van der Waals surface area (Å²) in [4.78, 5) is 0. The van der Waals surface area contributed by atoms with Gasteiger partial charge in [0.25, 0.3) is 0 Å². The summed E-state index contributed by atoms with van der Waals surface area (Å²) in [5.74, 6) is -10.4. The summed E-state index contributed by atoms with van der Waals surface area (Å²) in [5, 5.41) is 12.4. The second-order valence-electron chi connectivity index (χ2n) is 3.91. The van der Waals surface area contributed by atoms with E-state index in [4.69, 9.17) is 5.11 Å². The number of benzene rings is 2. The number of rotatable bonds is 3. The topological polar surface area (TPSA) is 44.6 Å². The molecule has 0 aliphatic rings. The molecule has 0 heterocycles. The summed E-state index contributed by atoms with van der Waals surface area (Å²) < 4.78 is 65.2. The van der Waals surface area contributed by atoms with Crippen molar-refractivity contribution in [1.29, 1.82) is 0 Å². The maximum Gasteiger partial charge on any atom is 0.200 e. The summed E-state index contributed by atoms with van der Waals surface area (Å²) in [6.45, 7) is 0. The van der Waals surface area contributed by atoms with Gasteiger partial charge in [-0.25, -0.2) is 22.0 Å². The van der Waals surface area contributed by atoms with Gasteiger partial charge in [0, 0.05) is 0 Å². The first kappa shape index (κ1) is 14.8. The molecule has 2 rings (SSSR count). The van der Waals surface area contributed by atoms with Gasteiger partial charge in [-0.1, -0.05) is 0 Å². The van der Waals surface area contributed by atoms with Gasteiger partial charge in [0.15, 0.2) is 23.3 Å². The lowest BCUT2D eigenvalue weighted by molar-refractivity contribution is 0.381. The Hall–Kier alpha value is -2.64. The standard InChI is InChI=1S/C13H7F5N2O/c14-8-9(15)11(17)13(12(18)10(8)16)20-19-5-6-1-3-7(21)4-2-6/h1-5,20-21H/b19-5-. The van der Waals surface area contributed by atoms with Gasteiger partial charge in [0.05, 0.1) is 6.21 Å². The molecule has 21 heavy (non-hydrogen) atoms. The van der Waals surface area contributed by atoms with Crippen LogP contribution in [-0.4, -0.2) is 11.3 Å². The molecule has 3 nitrogen and oxygen atoms in total. The lowest BCUT2D eigenvalue weighted by Gasteiger charge is -2.06. The summed E-state index contributed by atoms with van der Waals surface area (Å²) >= 11 is 0. The Morgan fingerprint density at radius 3 is 1.81 bits per heavy atom. The molecule has 8 heteroatoms. The van der Waals surface area contributed by atoms with E-state index >= 15 is 0 Å². The van der Waals surface area contributed by atoms with Gasteiger partial charge in [-0.05, 0) is 29.8 Å². The third-order valence-electron chi connectivity index (χ3n) is 2.49. The van der Waals surface area contributed by atoms with Crippen molar-refractivity contribution in [3.63, 3.8) is 0 Å². The highest BCUT2D eigenvalue weighted by atomic mass is 19.2. The second kappa shape index (κ2) is 5.78. The number of anilines is 1. The molecule has 0 amide bonds. The number of halogens is 5. The van der Waals surface area contributed by atoms with Crippen LogP contribution in [0, 0.1) is 29.1 Å². The van der Waals surface area contributed by atoms with Crippen LogP contribution in [0.15, 0.2) is 29.4 Å².